The molecule has 0 radical (unpaired) electrons. The molecule has 1 fully saturated rings. The molecule has 0 saturated carbocycles. The molecule has 3 rings (SSSR count). The molecule has 1 saturated heterocycles. The first-order valence-corrected chi connectivity index (χ1v) is 10.2. The van der Waals surface area contributed by atoms with Gasteiger partial charge in [0.1, 0.15) is 5.82 Å². The van der Waals surface area contributed by atoms with Gasteiger partial charge in [0.2, 0.25) is 11.8 Å². The quantitative estimate of drug-likeness (QED) is 0.611. The van der Waals surface area contributed by atoms with Crippen molar-refractivity contribution in [2.24, 2.45) is 0 Å². The summed E-state index contributed by atoms with van der Waals surface area (Å²) in [6, 6.07) is 11.2. The van der Waals surface area contributed by atoms with E-state index in [0.29, 0.717) is 24.1 Å². The molecule has 1 aliphatic rings. The summed E-state index contributed by atoms with van der Waals surface area (Å²) in [5.41, 5.74) is 1.60. The first kappa shape index (κ1) is 22.9. The fourth-order valence-corrected chi connectivity index (χ4v) is 3.42. The van der Waals surface area contributed by atoms with Crippen molar-refractivity contribution in [1.82, 2.24) is 10.6 Å². The molecule has 2 N–H and O–H groups in total. The third kappa shape index (κ3) is 5.90. The number of halogens is 1. The Labute approximate surface area is 184 Å². The highest BCUT2D eigenvalue weighted by Crippen LogP contribution is 2.21. The highest BCUT2D eigenvalue weighted by atomic mass is 19.1. The van der Waals surface area contributed by atoms with Gasteiger partial charge in [0.15, 0.2) is 0 Å². The number of nitrogens with zero attached hydrogens (tertiary/aromatic N) is 1. The molecule has 1 unspecified atom stereocenters. The van der Waals surface area contributed by atoms with Gasteiger partial charge in [-0.15, -0.1) is 0 Å². The van der Waals surface area contributed by atoms with Gasteiger partial charge in [-0.3, -0.25) is 19.2 Å². The van der Waals surface area contributed by atoms with E-state index in [-0.39, 0.29) is 18.9 Å². The summed E-state index contributed by atoms with van der Waals surface area (Å²) in [4.78, 5) is 49.9. The van der Waals surface area contributed by atoms with Crippen LogP contribution >= 0.6 is 0 Å². The summed E-state index contributed by atoms with van der Waals surface area (Å²) in [5, 5.41) is 5.18. The zero-order valence-corrected chi connectivity index (χ0v) is 17.6. The number of rotatable bonds is 8. The van der Waals surface area contributed by atoms with E-state index in [4.69, 9.17) is 0 Å². The second-order valence-corrected chi connectivity index (χ2v) is 7.33. The fourth-order valence-electron chi connectivity index (χ4n) is 3.42. The van der Waals surface area contributed by atoms with Crippen molar-refractivity contribution in [2.75, 3.05) is 25.1 Å². The van der Waals surface area contributed by atoms with Gasteiger partial charge in [0, 0.05) is 24.2 Å². The van der Waals surface area contributed by atoms with Crippen molar-refractivity contribution in [3.63, 3.8) is 0 Å². The van der Waals surface area contributed by atoms with Crippen LogP contribution in [0.1, 0.15) is 41.2 Å². The van der Waals surface area contributed by atoms with Crippen LogP contribution in [0, 0.1) is 5.82 Å². The average molecular weight is 441 g/mol. The van der Waals surface area contributed by atoms with Crippen LogP contribution in [-0.2, 0) is 19.1 Å². The molecule has 2 aromatic rings. The zero-order valence-electron chi connectivity index (χ0n) is 17.6. The van der Waals surface area contributed by atoms with Gasteiger partial charge in [-0.2, -0.15) is 0 Å². The van der Waals surface area contributed by atoms with Crippen molar-refractivity contribution in [2.45, 2.75) is 25.3 Å². The number of esters is 1. The maximum absolute atomic E-state index is 13.2. The third-order valence-corrected chi connectivity index (χ3v) is 5.13. The molecule has 2 aromatic carbocycles. The lowest BCUT2D eigenvalue weighted by Crippen LogP contribution is -2.39. The van der Waals surface area contributed by atoms with Crippen LogP contribution in [0.2, 0.25) is 0 Å². The van der Waals surface area contributed by atoms with Gasteiger partial charge in [-0.1, -0.05) is 12.1 Å². The number of methoxy groups -OCH3 is 1. The van der Waals surface area contributed by atoms with Crippen LogP contribution in [-0.4, -0.2) is 43.9 Å². The number of carbonyl (C=O) groups is 4. The summed E-state index contributed by atoms with van der Waals surface area (Å²) < 4.78 is 17.9. The molecule has 0 spiro atoms. The SMILES string of the molecule is COC(=O)CC(NC(=O)CNC(=O)c1ccc(N2CCCC2=O)cc1)c1ccc(F)cc1. The van der Waals surface area contributed by atoms with Crippen molar-refractivity contribution >= 4 is 29.4 Å². The molecule has 1 atom stereocenters. The normalized spacial score (nSPS) is 14.1. The number of anilines is 1. The molecule has 8 nitrogen and oxygen atoms in total. The number of hydrogen-bond donors (Lipinski definition) is 2. The lowest BCUT2D eigenvalue weighted by atomic mass is 10.0. The van der Waals surface area contributed by atoms with Gasteiger partial charge in [-0.05, 0) is 48.4 Å². The highest BCUT2D eigenvalue weighted by Gasteiger charge is 2.22. The predicted octanol–water partition coefficient (Wildman–Crippen LogP) is 2.10. The maximum Gasteiger partial charge on any atom is 0.307 e. The van der Waals surface area contributed by atoms with E-state index >= 15 is 0 Å². The standard InChI is InChI=1S/C23H24FN3O5/c1-32-22(30)13-19(15-4-8-17(24)9-5-15)26-20(28)14-25-23(31)16-6-10-18(11-7-16)27-12-2-3-21(27)29/h4-11,19H,2-3,12-14H2,1H3,(H,25,31)(H,26,28). The summed E-state index contributed by atoms with van der Waals surface area (Å²) in [7, 11) is 1.23. The summed E-state index contributed by atoms with van der Waals surface area (Å²) in [6.07, 6.45) is 1.19. The minimum Gasteiger partial charge on any atom is -0.469 e. The molecule has 9 heteroatoms. The lowest BCUT2D eigenvalue weighted by Gasteiger charge is -2.18. The van der Waals surface area contributed by atoms with E-state index in [2.05, 4.69) is 15.4 Å². The Balaban J connectivity index is 1.57. The number of nitrogens with one attached hydrogen (secondary N) is 2. The minimum atomic E-state index is -0.732. The molecular weight excluding hydrogens is 417 g/mol. The number of ether oxygens (including phenoxy) is 1. The van der Waals surface area contributed by atoms with Crippen molar-refractivity contribution < 1.29 is 28.3 Å². The molecule has 1 aliphatic heterocycles. The maximum atomic E-state index is 13.2. The first-order valence-electron chi connectivity index (χ1n) is 10.2. The Morgan fingerprint density at radius 1 is 1.09 bits per heavy atom. The Hall–Kier alpha value is -3.75. The Kier molecular flexibility index (Phi) is 7.54. The van der Waals surface area contributed by atoms with Gasteiger partial charge < -0.3 is 20.3 Å². The van der Waals surface area contributed by atoms with Crippen LogP contribution in [0.3, 0.4) is 0 Å². The number of benzene rings is 2. The van der Waals surface area contributed by atoms with E-state index < -0.39 is 29.6 Å². The molecule has 0 aliphatic carbocycles. The van der Waals surface area contributed by atoms with Crippen LogP contribution < -0.4 is 15.5 Å². The summed E-state index contributed by atoms with van der Waals surface area (Å²) in [6.45, 7) is 0.343. The molecule has 1 heterocycles. The Bertz CT molecular complexity index is 992. The lowest BCUT2D eigenvalue weighted by molar-refractivity contribution is -0.141. The van der Waals surface area contributed by atoms with Crippen LogP contribution in [0.5, 0.6) is 0 Å². The average Bonchev–Trinajstić information content (AvgIpc) is 3.23. The van der Waals surface area contributed by atoms with E-state index in [1.54, 1.807) is 29.2 Å². The number of carbonyl (C=O) groups excluding carboxylic acids is 4. The number of hydrogen-bond acceptors (Lipinski definition) is 5. The largest absolute Gasteiger partial charge is 0.469 e. The van der Waals surface area contributed by atoms with E-state index in [1.165, 1.54) is 31.4 Å². The molecular formula is C23H24FN3O5. The van der Waals surface area contributed by atoms with Crippen LogP contribution in [0.4, 0.5) is 10.1 Å². The minimum absolute atomic E-state index is 0.0570. The monoisotopic (exact) mass is 441 g/mol. The molecule has 3 amide bonds. The molecule has 168 valence electrons. The van der Waals surface area contributed by atoms with Crippen molar-refractivity contribution in [3.05, 3.63) is 65.5 Å². The second kappa shape index (κ2) is 10.5. The second-order valence-electron chi connectivity index (χ2n) is 7.33. The molecule has 0 aromatic heterocycles. The van der Waals surface area contributed by atoms with Crippen molar-refractivity contribution in [3.8, 4) is 0 Å². The Morgan fingerprint density at radius 2 is 1.78 bits per heavy atom. The van der Waals surface area contributed by atoms with Crippen LogP contribution in [0.15, 0.2) is 48.5 Å². The smallest absolute Gasteiger partial charge is 0.307 e. The van der Waals surface area contributed by atoms with Gasteiger partial charge in [-0.25, -0.2) is 4.39 Å². The predicted molar refractivity (Wildman–Crippen MR) is 114 cm³/mol. The van der Waals surface area contributed by atoms with Crippen LogP contribution in [0.25, 0.3) is 0 Å². The highest BCUT2D eigenvalue weighted by molar-refractivity contribution is 5.98. The van der Waals surface area contributed by atoms with Crippen molar-refractivity contribution in [1.29, 1.82) is 0 Å². The van der Waals surface area contributed by atoms with Gasteiger partial charge in [0.25, 0.3) is 5.91 Å². The van der Waals surface area contributed by atoms with E-state index in [0.717, 1.165) is 12.1 Å². The van der Waals surface area contributed by atoms with E-state index in [1.807, 2.05) is 0 Å². The molecule has 32 heavy (non-hydrogen) atoms. The third-order valence-electron chi connectivity index (χ3n) is 5.13. The Morgan fingerprint density at radius 3 is 2.38 bits per heavy atom. The number of amides is 3. The first-order chi connectivity index (χ1) is 15.4. The topological polar surface area (TPSA) is 105 Å². The zero-order chi connectivity index (χ0) is 23.1. The van der Waals surface area contributed by atoms with Gasteiger partial charge >= 0.3 is 5.97 Å². The molecule has 0 bridgehead atoms. The summed E-state index contributed by atoms with van der Waals surface area (Å²) in [5.74, 6) is -1.90. The fraction of sp³-hybridized carbons (Fsp3) is 0.304. The van der Waals surface area contributed by atoms with Gasteiger partial charge in [0.05, 0.1) is 26.1 Å². The van der Waals surface area contributed by atoms with E-state index in [9.17, 15) is 23.6 Å². The summed E-state index contributed by atoms with van der Waals surface area (Å²) >= 11 is 0.